The topological polar surface area (TPSA) is 0 Å². The fraction of sp³-hybridized carbons (Fsp3) is 0.952. The highest BCUT2D eigenvalue weighted by Crippen LogP contribution is 2.16. The minimum Gasteiger partial charge on any atom is -0.157 e. The molecule has 133 valence electrons. The third kappa shape index (κ3) is 20.3. The molecule has 0 aromatic rings. The van der Waals surface area contributed by atoms with Crippen LogP contribution in [-0.4, -0.2) is 5.75 Å². The monoisotopic (exact) mass is 327 g/mol. The van der Waals surface area contributed by atoms with E-state index in [-0.39, 0.29) is 0 Å². The Balaban J connectivity index is 2.91. The van der Waals surface area contributed by atoms with Crippen molar-refractivity contribution >= 4 is 11.8 Å². The lowest BCUT2D eigenvalue weighted by atomic mass is 10.0. The quantitative estimate of drug-likeness (QED) is 0.214. The van der Waals surface area contributed by atoms with E-state index in [1.807, 2.05) is 0 Å². The van der Waals surface area contributed by atoms with Gasteiger partial charge in [0.1, 0.15) is 0 Å². The Morgan fingerprint density at radius 2 is 0.909 bits per heavy atom. The number of hydrogen-bond acceptors (Lipinski definition) is 1. The van der Waals surface area contributed by atoms with E-state index in [9.17, 15) is 0 Å². The van der Waals surface area contributed by atoms with Gasteiger partial charge in [-0.3, -0.25) is 0 Å². The summed E-state index contributed by atoms with van der Waals surface area (Å²) in [7, 11) is 0. The SMILES string of the molecule is CCCCCCCCCCCCCCC[CH]SCCCCC. The van der Waals surface area contributed by atoms with Crippen LogP contribution in [0.15, 0.2) is 0 Å². The summed E-state index contributed by atoms with van der Waals surface area (Å²) < 4.78 is 0. The normalized spacial score (nSPS) is 11.2. The first-order chi connectivity index (χ1) is 10.9. The van der Waals surface area contributed by atoms with E-state index < -0.39 is 0 Å². The predicted octanol–water partition coefficient (Wildman–Crippen LogP) is 8.55. The molecule has 0 amide bonds. The molecule has 0 rings (SSSR count). The van der Waals surface area contributed by atoms with Crippen molar-refractivity contribution in [2.24, 2.45) is 0 Å². The standard InChI is InChI=1S/C21H43S/c1-3-5-7-8-9-10-11-12-13-14-15-16-17-19-21-22-20-18-6-4-2/h21H,3-20H2,1-2H3. The molecule has 1 heteroatoms. The third-order valence-electron chi connectivity index (χ3n) is 4.41. The van der Waals surface area contributed by atoms with Gasteiger partial charge in [-0.1, -0.05) is 110 Å². The zero-order valence-corrected chi connectivity index (χ0v) is 16.5. The Morgan fingerprint density at radius 3 is 1.41 bits per heavy atom. The lowest BCUT2D eigenvalue weighted by Crippen LogP contribution is -1.83. The maximum atomic E-state index is 2.45. The molecule has 0 unspecified atom stereocenters. The van der Waals surface area contributed by atoms with Crippen molar-refractivity contribution in [1.29, 1.82) is 0 Å². The molecule has 22 heavy (non-hydrogen) atoms. The molecular weight excluding hydrogens is 284 g/mol. The summed E-state index contributed by atoms with van der Waals surface area (Å²) in [5, 5.41) is 0. The van der Waals surface area contributed by atoms with Crippen LogP contribution in [0.25, 0.3) is 0 Å². The zero-order valence-electron chi connectivity index (χ0n) is 15.7. The van der Waals surface area contributed by atoms with Crippen LogP contribution in [0, 0.1) is 5.75 Å². The smallest absolute Gasteiger partial charge is 0.0166 e. The van der Waals surface area contributed by atoms with Crippen LogP contribution in [0.3, 0.4) is 0 Å². The first kappa shape index (κ1) is 22.4. The lowest BCUT2D eigenvalue weighted by Gasteiger charge is -2.03. The molecule has 0 spiro atoms. The van der Waals surface area contributed by atoms with Gasteiger partial charge in [-0.25, -0.2) is 0 Å². The van der Waals surface area contributed by atoms with Gasteiger partial charge in [-0.05, 0) is 18.6 Å². The molecule has 0 aliphatic carbocycles. The number of thioether (sulfide) groups is 1. The predicted molar refractivity (Wildman–Crippen MR) is 107 cm³/mol. The fourth-order valence-corrected chi connectivity index (χ4v) is 3.72. The van der Waals surface area contributed by atoms with Gasteiger partial charge < -0.3 is 0 Å². The summed E-state index contributed by atoms with van der Waals surface area (Å²) in [6, 6.07) is 0. The van der Waals surface area contributed by atoms with Gasteiger partial charge in [0.05, 0.1) is 0 Å². The van der Waals surface area contributed by atoms with E-state index in [2.05, 4.69) is 31.4 Å². The Bertz CT molecular complexity index is 159. The molecule has 0 aliphatic rings. The summed E-state index contributed by atoms with van der Waals surface area (Å²) in [5.74, 6) is 3.79. The van der Waals surface area contributed by atoms with E-state index in [4.69, 9.17) is 0 Å². The highest BCUT2D eigenvalue weighted by atomic mass is 32.2. The van der Waals surface area contributed by atoms with Gasteiger partial charge in [0.2, 0.25) is 0 Å². The molecule has 0 bridgehead atoms. The Hall–Kier alpha value is 0.350. The fourth-order valence-electron chi connectivity index (χ4n) is 2.85. The third-order valence-corrected chi connectivity index (χ3v) is 5.40. The van der Waals surface area contributed by atoms with Crippen molar-refractivity contribution in [3.63, 3.8) is 0 Å². The van der Waals surface area contributed by atoms with Crippen LogP contribution in [0.5, 0.6) is 0 Å². The second-order valence-corrected chi connectivity index (χ2v) is 7.85. The number of unbranched alkanes of at least 4 members (excludes halogenated alkanes) is 15. The maximum Gasteiger partial charge on any atom is 0.0166 e. The molecule has 0 fully saturated rings. The first-order valence-corrected chi connectivity index (χ1v) is 11.4. The summed E-state index contributed by atoms with van der Waals surface area (Å²) in [6.07, 6.45) is 24.4. The van der Waals surface area contributed by atoms with Crippen LogP contribution >= 0.6 is 11.8 Å². The molecule has 0 heterocycles. The first-order valence-electron chi connectivity index (χ1n) is 10.3. The van der Waals surface area contributed by atoms with Crippen molar-refractivity contribution in [3.8, 4) is 0 Å². The second-order valence-electron chi connectivity index (χ2n) is 6.78. The Morgan fingerprint density at radius 1 is 0.500 bits per heavy atom. The van der Waals surface area contributed by atoms with Gasteiger partial charge >= 0.3 is 0 Å². The molecule has 0 aromatic carbocycles. The van der Waals surface area contributed by atoms with Gasteiger partial charge in [-0.15, -0.1) is 0 Å². The van der Waals surface area contributed by atoms with Crippen molar-refractivity contribution < 1.29 is 0 Å². The Labute approximate surface area is 146 Å². The number of rotatable bonds is 19. The maximum absolute atomic E-state index is 2.45. The summed E-state index contributed by atoms with van der Waals surface area (Å²) in [6.45, 7) is 4.58. The molecule has 0 saturated carbocycles. The molecule has 0 aliphatic heterocycles. The minimum atomic E-state index is 1.33. The van der Waals surface area contributed by atoms with Gasteiger partial charge in [0.15, 0.2) is 0 Å². The van der Waals surface area contributed by atoms with Crippen LogP contribution in [0.1, 0.15) is 123 Å². The van der Waals surface area contributed by atoms with Crippen LogP contribution in [0.4, 0.5) is 0 Å². The van der Waals surface area contributed by atoms with Crippen molar-refractivity contribution in [3.05, 3.63) is 5.75 Å². The lowest BCUT2D eigenvalue weighted by molar-refractivity contribution is 0.540. The molecule has 0 N–H and O–H groups in total. The average molecular weight is 328 g/mol. The molecule has 0 aromatic heterocycles. The highest BCUT2D eigenvalue weighted by molar-refractivity contribution is 8.01. The number of hydrogen-bond donors (Lipinski definition) is 0. The molecule has 0 saturated heterocycles. The molecule has 0 nitrogen and oxygen atoms in total. The van der Waals surface area contributed by atoms with E-state index >= 15 is 0 Å². The van der Waals surface area contributed by atoms with Crippen molar-refractivity contribution in [2.45, 2.75) is 123 Å². The van der Waals surface area contributed by atoms with Gasteiger partial charge in [0, 0.05) is 5.75 Å². The second kappa shape index (κ2) is 21.4. The van der Waals surface area contributed by atoms with E-state index in [0.29, 0.717) is 0 Å². The average Bonchev–Trinajstić information content (AvgIpc) is 2.54. The zero-order chi connectivity index (χ0) is 16.1. The molecule has 1 radical (unpaired) electrons. The van der Waals surface area contributed by atoms with E-state index in [1.165, 1.54) is 115 Å². The minimum absolute atomic E-state index is 1.33. The summed E-state index contributed by atoms with van der Waals surface area (Å²) >= 11 is 2.05. The Kier molecular flexibility index (Phi) is 21.7. The van der Waals surface area contributed by atoms with Crippen molar-refractivity contribution in [2.75, 3.05) is 5.75 Å². The highest BCUT2D eigenvalue weighted by Gasteiger charge is 1.95. The largest absolute Gasteiger partial charge is 0.157 e. The van der Waals surface area contributed by atoms with Crippen molar-refractivity contribution in [1.82, 2.24) is 0 Å². The van der Waals surface area contributed by atoms with E-state index in [1.54, 1.807) is 0 Å². The van der Waals surface area contributed by atoms with Crippen LogP contribution in [0.2, 0.25) is 0 Å². The van der Waals surface area contributed by atoms with Crippen LogP contribution in [-0.2, 0) is 0 Å². The van der Waals surface area contributed by atoms with E-state index in [0.717, 1.165) is 0 Å². The summed E-state index contributed by atoms with van der Waals surface area (Å²) in [4.78, 5) is 0. The molecular formula is C21H43S. The van der Waals surface area contributed by atoms with Gasteiger partial charge in [0.25, 0.3) is 0 Å². The summed E-state index contributed by atoms with van der Waals surface area (Å²) in [5.41, 5.74) is 0. The van der Waals surface area contributed by atoms with Gasteiger partial charge in [-0.2, -0.15) is 11.8 Å². The molecule has 0 atom stereocenters. The van der Waals surface area contributed by atoms with Crippen LogP contribution < -0.4 is 0 Å².